The Labute approximate surface area is 158 Å². The van der Waals surface area contributed by atoms with Crippen molar-refractivity contribution in [2.45, 2.75) is 31.7 Å². The second-order valence-electron chi connectivity index (χ2n) is 6.42. The lowest BCUT2D eigenvalue weighted by Gasteiger charge is -2.32. The monoisotopic (exact) mass is 396 g/mol. The van der Waals surface area contributed by atoms with Crippen molar-refractivity contribution in [3.8, 4) is 0 Å². The molecule has 4 nitrogen and oxygen atoms in total. The quantitative estimate of drug-likeness (QED) is 0.850. The molecular formula is C19H16ClF3N2O2. The molecule has 2 aromatic carbocycles. The van der Waals surface area contributed by atoms with E-state index in [0.717, 1.165) is 5.56 Å². The second kappa shape index (κ2) is 6.98. The summed E-state index contributed by atoms with van der Waals surface area (Å²) in [5.41, 5.74) is -1.65. The molecule has 1 unspecified atom stereocenters. The Morgan fingerprint density at radius 1 is 1.26 bits per heavy atom. The van der Waals surface area contributed by atoms with Crippen LogP contribution in [-0.4, -0.2) is 33.6 Å². The summed E-state index contributed by atoms with van der Waals surface area (Å²) >= 11 is 5.77. The average molecular weight is 397 g/mol. The molecule has 0 saturated carbocycles. The van der Waals surface area contributed by atoms with Crippen LogP contribution < -0.4 is 0 Å². The predicted octanol–water partition coefficient (Wildman–Crippen LogP) is 4.08. The van der Waals surface area contributed by atoms with Gasteiger partial charge >= 0.3 is 6.18 Å². The Balaban J connectivity index is 1.94. The predicted molar refractivity (Wildman–Crippen MR) is 95.3 cm³/mol. The summed E-state index contributed by atoms with van der Waals surface area (Å²) in [4.78, 5) is 12.5. The third kappa shape index (κ3) is 3.84. The van der Waals surface area contributed by atoms with Crippen LogP contribution in [0.5, 0.6) is 0 Å². The van der Waals surface area contributed by atoms with Crippen LogP contribution in [0.1, 0.15) is 23.1 Å². The highest BCUT2D eigenvalue weighted by molar-refractivity contribution is 6.30. The number of hydrogen-bond donors (Lipinski definition) is 1. The van der Waals surface area contributed by atoms with Crippen LogP contribution in [0.4, 0.5) is 13.2 Å². The molecule has 1 aliphatic rings. The van der Waals surface area contributed by atoms with Crippen LogP contribution in [0, 0.1) is 6.92 Å². The van der Waals surface area contributed by atoms with Gasteiger partial charge in [0.05, 0.1) is 18.6 Å². The van der Waals surface area contributed by atoms with Crippen LogP contribution in [-0.2, 0) is 11.2 Å². The van der Waals surface area contributed by atoms with Crippen molar-refractivity contribution in [1.82, 2.24) is 5.01 Å². The summed E-state index contributed by atoms with van der Waals surface area (Å²) in [5, 5.41) is 14.8. The molecule has 1 heterocycles. The lowest BCUT2D eigenvalue weighted by atomic mass is 9.99. The van der Waals surface area contributed by atoms with Gasteiger partial charge in [-0.25, -0.2) is 0 Å². The van der Waals surface area contributed by atoms with Gasteiger partial charge in [-0.2, -0.15) is 23.3 Å². The van der Waals surface area contributed by atoms with Gasteiger partial charge in [0, 0.05) is 5.02 Å². The first-order valence-corrected chi connectivity index (χ1v) is 8.49. The van der Waals surface area contributed by atoms with E-state index in [4.69, 9.17) is 11.6 Å². The Kier molecular flexibility index (Phi) is 5.01. The zero-order valence-electron chi connectivity index (χ0n) is 14.3. The third-order valence-electron chi connectivity index (χ3n) is 4.30. The molecule has 3 rings (SSSR count). The molecule has 0 aliphatic carbocycles. The summed E-state index contributed by atoms with van der Waals surface area (Å²) < 4.78 is 40.7. The maximum atomic E-state index is 13.6. The highest BCUT2D eigenvalue weighted by Gasteiger charge is 2.63. The smallest absolute Gasteiger partial charge is 0.362 e. The van der Waals surface area contributed by atoms with Gasteiger partial charge in [0.25, 0.3) is 5.72 Å². The van der Waals surface area contributed by atoms with E-state index in [-0.39, 0.29) is 17.1 Å². The molecule has 0 fully saturated rings. The van der Waals surface area contributed by atoms with Gasteiger partial charge in [-0.05, 0) is 30.2 Å². The molecule has 1 aliphatic heterocycles. The number of alkyl halides is 3. The van der Waals surface area contributed by atoms with E-state index in [1.54, 1.807) is 31.2 Å². The van der Waals surface area contributed by atoms with Crippen LogP contribution in [0.15, 0.2) is 53.6 Å². The Morgan fingerprint density at radius 3 is 2.52 bits per heavy atom. The molecule has 1 amide bonds. The van der Waals surface area contributed by atoms with E-state index in [9.17, 15) is 23.1 Å². The molecule has 0 radical (unpaired) electrons. The third-order valence-corrected chi connectivity index (χ3v) is 4.55. The number of carbonyl (C=O) groups excluding carboxylic acids is 1. The fourth-order valence-electron chi connectivity index (χ4n) is 2.87. The van der Waals surface area contributed by atoms with Crippen molar-refractivity contribution in [2.75, 3.05) is 0 Å². The van der Waals surface area contributed by atoms with Crippen molar-refractivity contribution >= 4 is 23.2 Å². The van der Waals surface area contributed by atoms with E-state index in [1.165, 1.54) is 24.3 Å². The molecule has 0 bridgehead atoms. The van der Waals surface area contributed by atoms with Crippen molar-refractivity contribution in [1.29, 1.82) is 0 Å². The van der Waals surface area contributed by atoms with Crippen LogP contribution in [0.25, 0.3) is 0 Å². The normalized spacial score (nSPS) is 19.9. The van der Waals surface area contributed by atoms with Gasteiger partial charge in [0.1, 0.15) is 0 Å². The number of hydrogen-bond acceptors (Lipinski definition) is 3. The van der Waals surface area contributed by atoms with E-state index in [0.29, 0.717) is 16.1 Å². The van der Waals surface area contributed by atoms with Crippen molar-refractivity contribution in [3.05, 3.63) is 70.2 Å². The summed E-state index contributed by atoms with van der Waals surface area (Å²) in [6.07, 6.45) is -6.23. The number of benzene rings is 2. The standard InChI is InChI=1S/C19H16ClF3N2O2/c1-12-3-2-4-14(9-12)16-11-18(27,19(21,22)23)25(24-16)17(26)10-13-5-7-15(20)8-6-13/h2-9,27H,10-11H2,1H3. The highest BCUT2D eigenvalue weighted by atomic mass is 35.5. The summed E-state index contributed by atoms with van der Waals surface area (Å²) in [6, 6.07) is 12.9. The molecule has 27 heavy (non-hydrogen) atoms. The van der Waals surface area contributed by atoms with E-state index in [1.807, 2.05) is 0 Å². The summed E-state index contributed by atoms with van der Waals surface area (Å²) in [5.74, 6) is -0.959. The molecule has 8 heteroatoms. The van der Waals surface area contributed by atoms with Crippen LogP contribution >= 0.6 is 11.6 Å². The molecule has 0 spiro atoms. The fourth-order valence-corrected chi connectivity index (χ4v) is 2.99. The number of aliphatic hydroxyl groups is 1. The summed E-state index contributed by atoms with van der Waals surface area (Å²) in [7, 11) is 0. The molecule has 2 aromatic rings. The minimum Gasteiger partial charge on any atom is -0.362 e. The van der Waals surface area contributed by atoms with Gasteiger partial charge in [0.15, 0.2) is 0 Å². The van der Waals surface area contributed by atoms with Gasteiger partial charge in [-0.3, -0.25) is 4.79 Å². The van der Waals surface area contributed by atoms with Crippen molar-refractivity contribution in [3.63, 3.8) is 0 Å². The fraction of sp³-hybridized carbons (Fsp3) is 0.263. The zero-order chi connectivity index (χ0) is 19.8. The topological polar surface area (TPSA) is 52.9 Å². The summed E-state index contributed by atoms with van der Waals surface area (Å²) in [6.45, 7) is 1.79. The SMILES string of the molecule is Cc1cccc(C2=NN(C(=O)Cc3ccc(Cl)cc3)C(O)(C(F)(F)F)C2)c1. The minimum atomic E-state index is -5.06. The van der Waals surface area contributed by atoms with Crippen LogP contribution in [0.2, 0.25) is 5.02 Å². The van der Waals surface area contributed by atoms with Gasteiger partial charge in [0.2, 0.25) is 5.91 Å². The number of hydrazone groups is 1. The molecule has 0 saturated heterocycles. The number of carbonyl (C=O) groups is 1. The largest absolute Gasteiger partial charge is 0.438 e. The van der Waals surface area contributed by atoms with Crippen LogP contribution in [0.3, 0.4) is 0 Å². The lowest BCUT2D eigenvalue weighted by Crippen LogP contribution is -2.57. The van der Waals surface area contributed by atoms with Crippen molar-refractivity contribution < 1.29 is 23.1 Å². The second-order valence-corrected chi connectivity index (χ2v) is 6.85. The lowest BCUT2D eigenvalue weighted by molar-refractivity contribution is -0.302. The number of nitrogens with zero attached hydrogens (tertiary/aromatic N) is 2. The first kappa shape index (κ1) is 19.4. The molecule has 1 N–H and O–H groups in total. The van der Waals surface area contributed by atoms with E-state index >= 15 is 0 Å². The number of rotatable bonds is 3. The Morgan fingerprint density at radius 2 is 1.93 bits per heavy atom. The maximum absolute atomic E-state index is 13.6. The molecule has 0 aromatic heterocycles. The Bertz CT molecular complexity index is 897. The maximum Gasteiger partial charge on any atom is 0.438 e. The number of amides is 1. The first-order chi connectivity index (χ1) is 12.6. The minimum absolute atomic E-state index is 0.00276. The van der Waals surface area contributed by atoms with Gasteiger partial charge in [-0.15, -0.1) is 0 Å². The van der Waals surface area contributed by atoms with E-state index < -0.39 is 24.2 Å². The molecular weight excluding hydrogens is 381 g/mol. The zero-order valence-corrected chi connectivity index (χ0v) is 15.1. The van der Waals surface area contributed by atoms with Crippen molar-refractivity contribution in [2.24, 2.45) is 5.10 Å². The first-order valence-electron chi connectivity index (χ1n) is 8.11. The van der Waals surface area contributed by atoms with Gasteiger partial charge in [-0.1, -0.05) is 53.6 Å². The average Bonchev–Trinajstić information content (AvgIpc) is 2.96. The molecule has 142 valence electrons. The molecule has 1 atom stereocenters. The number of aryl methyl sites for hydroxylation is 1. The number of halogens is 4. The Hall–Kier alpha value is -2.38. The van der Waals surface area contributed by atoms with Gasteiger partial charge < -0.3 is 5.11 Å². The van der Waals surface area contributed by atoms with E-state index in [2.05, 4.69) is 5.10 Å². The highest BCUT2D eigenvalue weighted by Crippen LogP contribution is 2.41.